The van der Waals surface area contributed by atoms with E-state index < -0.39 is 0 Å². The minimum Gasteiger partial charge on any atom is -0.504 e. The first-order valence-electron chi connectivity index (χ1n) is 8.43. The zero-order valence-corrected chi connectivity index (χ0v) is 14.3. The molecule has 27 heavy (non-hydrogen) atoms. The number of phenolic OH excluding ortho intramolecular Hbond substituents is 6. The fraction of sp³-hybridized carbons (Fsp3) is 0.143. The van der Waals surface area contributed by atoms with Crippen LogP contribution < -0.4 is 0 Å². The smallest absolute Gasteiger partial charge is 0.157 e. The Morgan fingerprint density at radius 1 is 0.333 bits per heavy atom. The van der Waals surface area contributed by atoms with Gasteiger partial charge in [-0.2, -0.15) is 0 Å². The first-order valence-corrected chi connectivity index (χ1v) is 8.43. The average molecular weight is 366 g/mol. The van der Waals surface area contributed by atoms with E-state index in [0.29, 0.717) is 19.3 Å². The van der Waals surface area contributed by atoms with Crippen LogP contribution in [0.2, 0.25) is 0 Å². The van der Waals surface area contributed by atoms with E-state index in [1.807, 2.05) is 0 Å². The lowest BCUT2D eigenvalue weighted by molar-refractivity contribution is 0.402. The van der Waals surface area contributed by atoms with E-state index in [2.05, 4.69) is 0 Å². The second kappa shape index (κ2) is 6.02. The fourth-order valence-corrected chi connectivity index (χ4v) is 3.59. The van der Waals surface area contributed by atoms with Crippen LogP contribution in [-0.2, 0) is 19.3 Å². The minimum absolute atomic E-state index is 0.244. The van der Waals surface area contributed by atoms with Gasteiger partial charge in [-0.1, -0.05) is 0 Å². The fourth-order valence-electron chi connectivity index (χ4n) is 3.59. The zero-order valence-electron chi connectivity index (χ0n) is 14.3. The number of hydrogen-bond acceptors (Lipinski definition) is 6. The maximum atomic E-state index is 9.92. The lowest BCUT2D eigenvalue weighted by Gasteiger charge is -2.13. The van der Waals surface area contributed by atoms with Gasteiger partial charge in [-0.05, 0) is 89.0 Å². The Bertz CT molecular complexity index is 853. The second-order valence-corrected chi connectivity index (χ2v) is 6.86. The van der Waals surface area contributed by atoms with Crippen LogP contribution in [0.15, 0.2) is 36.4 Å². The van der Waals surface area contributed by atoms with Gasteiger partial charge in [-0.15, -0.1) is 0 Å². The molecule has 0 atom stereocenters. The Kier molecular flexibility index (Phi) is 3.77. The number of hydrogen-bond donors (Lipinski definition) is 6. The van der Waals surface area contributed by atoms with Crippen LogP contribution in [0.3, 0.4) is 0 Å². The first-order chi connectivity index (χ1) is 12.8. The monoisotopic (exact) mass is 366 g/mol. The summed E-state index contributed by atoms with van der Waals surface area (Å²) in [5.74, 6) is -1.46. The summed E-state index contributed by atoms with van der Waals surface area (Å²) in [5, 5.41) is 59.5. The first kappa shape index (κ1) is 16.9. The molecule has 4 rings (SSSR count). The third-order valence-corrected chi connectivity index (χ3v) is 5.03. The molecule has 1 aliphatic carbocycles. The largest absolute Gasteiger partial charge is 0.504 e. The van der Waals surface area contributed by atoms with E-state index in [9.17, 15) is 30.6 Å². The van der Waals surface area contributed by atoms with Crippen molar-refractivity contribution in [3.05, 3.63) is 69.8 Å². The molecular formula is C21H18O6. The van der Waals surface area contributed by atoms with Gasteiger partial charge in [0.05, 0.1) is 0 Å². The number of aromatic hydroxyl groups is 6. The summed E-state index contributed by atoms with van der Waals surface area (Å²) in [5.41, 5.74) is 4.48. The van der Waals surface area contributed by atoms with Crippen LogP contribution >= 0.6 is 0 Å². The summed E-state index contributed by atoms with van der Waals surface area (Å²) in [7, 11) is 0. The number of benzene rings is 3. The van der Waals surface area contributed by atoms with Crippen molar-refractivity contribution in [3.8, 4) is 34.5 Å². The zero-order chi connectivity index (χ0) is 19.3. The van der Waals surface area contributed by atoms with Crippen molar-refractivity contribution in [1.82, 2.24) is 0 Å². The van der Waals surface area contributed by atoms with Crippen molar-refractivity contribution >= 4 is 0 Å². The van der Waals surface area contributed by atoms with E-state index >= 15 is 0 Å². The van der Waals surface area contributed by atoms with Crippen molar-refractivity contribution in [2.75, 3.05) is 0 Å². The molecular weight excluding hydrogens is 348 g/mol. The predicted octanol–water partition coefficient (Wildman–Crippen LogP) is 3.01. The Hall–Kier alpha value is -3.54. The summed E-state index contributed by atoms with van der Waals surface area (Å²) in [4.78, 5) is 0. The topological polar surface area (TPSA) is 121 Å². The Morgan fingerprint density at radius 3 is 0.630 bits per heavy atom. The Balaban J connectivity index is 2.00. The van der Waals surface area contributed by atoms with E-state index in [-0.39, 0.29) is 34.5 Å². The van der Waals surface area contributed by atoms with Gasteiger partial charge < -0.3 is 30.6 Å². The van der Waals surface area contributed by atoms with Crippen LogP contribution in [0.4, 0.5) is 0 Å². The van der Waals surface area contributed by atoms with Crippen LogP contribution in [-0.4, -0.2) is 30.6 Å². The van der Waals surface area contributed by atoms with Gasteiger partial charge in [-0.25, -0.2) is 0 Å². The molecule has 0 aliphatic heterocycles. The van der Waals surface area contributed by atoms with Crippen LogP contribution in [0, 0.1) is 0 Å². The molecule has 138 valence electrons. The summed E-state index contributed by atoms with van der Waals surface area (Å²) < 4.78 is 0. The van der Waals surface area contributed by atoms with Crippen molar-refractivity contribution in [2.45, 2.75) is 19.3 Å². The molecule has 0 saturated heterocycles. The lowest BCUT2D eigenvalue weighted by atomic mass is 9.94. The summed E-state index contributed by atoms with van der Waals surface area (Å²) in [6.07, 6.45) is 1.12. The summed E-state index contributed by atoms with van der Waals surface area (Å²) in [6, 6.07) is 8.85. The molecule has 0 saturated carbocycles. The summed E-state index contributed by atoms with van der Waals surface area (Å²) in [6.45, 7) is 0. The predicted molar refractivity (Wildman–Crippen MR) is 97.7 cm³/mol. The number of phenols is 6. The van der Waals surface area contributed by atoms with Gasteiger partial charge in [-0.3, -0.25) is 0 Å². The Labute approximate surface area is 154 Å². The highest BCUT2D eigenvalue weighted by Gasteiger charge is 2.20. The van der Waals surface area contributed by atoms with Gasteiger partial charge in [0.1, 0.15) is 0 Å². The van der Waals surface area contributed by atoms with Gasteiger partial charge >= 0.3 is 0 Å². The van der Waals surface area contributed by atoms with Gasteiger partial charge in [0.2, 0.25) is 0 Å². The highest BCUT2D eigenvalue weighted by atomic mass is 16.3. The van der Waals surface area contributed by atoms with E-state index in [1.54, 1.807) is 0 Å². The van der Waals surface area contributed by atoms with Gasteiger partial charge in [0.25, 0.3) is 0 Å². The third-order valence-electron chi connectivity index (χ3n) is 5.03. The molecule has 0 aromatic heterocycles. The molecule has 6 nitrogen and oxygen atoms in total. The van der Waals surface area contributed by atoms with Crippen LogP contribution in [0.25, 0.3) is 0 Å². The third kappa shape index (κ3) is 2.95. The quantitative estimate of drug-likeness (QED) is 0.266. The normalized spacial score (nSPS) is 12.9. The van der Waals surface area contributed by atoms with Crippen molar-refractivity contribution < 1.29 is 30.6 Å². The molecule has 3 aromatic rings. The maximum Gasteiger partial charge on any atom is 0.157 e. The van der Waals surface area contributed by atoms with E-state index in [1.165, 1.54) is 36.4 Å². The molecule has 0 radical (unpaired) electrons. The van der Waals surface area contributed by atoms with E-state index in [0.717, 1.165) is 33.4 Å². The molecule has 0 fully saturated rings. The molecule has 0 unspecified atom stereocenters. The number of fused-ring (bicyclic) bond motifs is 3. The average Bonchev–Trinajstić information content (AvgIpc) is 2.65. The highest BCUT2D eigenvalue weighted by molar-refractivity contribution is 5.56. The molecule has 3 aromatic carbocycles. The standard InChI is InChI=1S/C21H18O6/c22-16-4-10-1-11-5-17(23)19(25)7-13(11)3-15-9-21(27)20(26)8-14(15)2-12(10)6-18(16)24/h4-9,22-27H,1-3H2. The molecule has 0 heterocycles. The van der Waals surface area contributed by atoms with Crippen molar-refractivity contribution in [3.63, 3.8) is 0 Å². The SMILES string of the molecule is Oc1cc2c(cc1O)Cc1cc(O)c(O)cc1Cc1cc(O)c(O)cc1C2. The van der Waals surface area contributed by atoms with Crippen molar-refractivity contribution in [2.24, 2.45) is 0 Å². The van der Waals surface area contributed by atoms with E-state index in [4.69, 9.17) is 0 Å². The molecule has 1 aliphatic rings. The van der Waals surface area contributed by atoms with Crippen LogP contribution in [0.5, 0.6) is 34.5 Å². The molecule has 0 spiro atoms. The van der Waals surface area contributed by atoms with Crippen molar-refractivity contribution in [1.29, 1.82) is 0 Å². The van der Waals surface area contributed by atoms with Crippen LogP contribution in [0.1, 0.15) is 33.4 Å². The highest BCUT2D eigenvalue weighted by Crippen LogP contribution is 2.39. The Morgan fingerprint density at radius 2 is 0.481 bits per heavy atom. The lowest BCUT2D eigenvalue weighted by Crippen LogP contribution is -1.98. The summed E-state index contributed by atoms with van der Waals surface area (Å²) >= 11 is 0. The molecule has 6 N–H and O–H groups in total. The molecule has 6 heteroatoms. The number of rotatable bonds is 0. The maximum absolute atomic E-state index is 9.92. The second-order valence-electron chi connectivity index (χ2n) is 6.86. The van der Waals surface area contributed by atoms with Gasteiger partial charge in [0, 0.05) is 0 Å². The molecule has 0 bridgehead atoms. The minimum atomic E-state index is -0.244. The van der Waals surface area contributed by atoms with Gasteiger partial charge in [0.15, 0.2) is 34.5 Å². The molecule has 0 amide bonds.